The predicted molar refractivity (Wildman–Crippen MR) is 145 cm³/mol. The fraction of sp³-hybridized carbons (Fsp3) is 0.387. The van der Waals surface area contributed by atoms with Crippen LogP contribution in [0.2, 0.25) is 0 Å². The Bertz CT molecular complexity index is 1110. The molecule has 0 N–H and O–H groups in total. The summed E-state index contributed by atoms with van der Waals surface area (Å²) in [4.78, 5) is 17.9. The minimum Gasteiger partial charge on any atom is -0.465 e. The predicted octanol–water partition coefficient (Wildman–Crippen LogP) is 6.31. The fourth-order valence-electron chi connectivity index (χ4n) is 4.93. The van der Waals surface area contributed by atoms with Gasteiger partial charge >= 0.3 is 5.97 Å². The highest BCUT2D eigenvalue weighted by molar-refractivity contribution is 5.82. The van der Waals surface area contributed by atoms with Crippen molar-refractivity contribution in [2.45, 2.75) is 38.5 Å². The Balaban J connectivity index is 1.32. The first-order valence-electron chi connectivity index (χ1n) is 13.1. The van der Waals surface area contributed by atoms with Gasteiger partial charge in [0.25, 0.3) is 0 Å². The molecule has 0 aromatic heterocycles. The molecule has 1 aliphatic rings. The van der Waals surface area contributed by atoms with Crippen LogP contribution in [0.25, 0.3) is 11.1 Å². The van der Waals surface area contributed by atoms with Crippen LogP contribution >= 0.6 is 0 Å². The minimum absolute atomic E-state index is 0.124. The smallest absolute Gasteiger partial charge is 0.316 e. The van der Waals surface area contributed by atoms with E-state index in [-0.39, 0.29) is 11.8 Å². The molecular weight excluding hydrogens is 451 g/mol. The van der Waals surface area contributed by atoms with Gasteiger partial charge < -0.3 is 9.64 Å². The highest BCUT2D eigenvalue weighted by atomic mass is 19.1. The van der Waals surface area contributed by atoms with E-state index in [1.54, 1.807) is 0 Å². The second-order valence-electron chi connectivity index (χ2n) is 9.82. The van der Waals surface area contributed by atoms with Gasteiger partial charge in [0.05, 0.1) is 12.0 Å². The molecule has 4 rings (SSSR count). The van der Waals surface area contributed by atoms with Crippen LogP contribution in [0.4, 0.5) is 10.1 Å². The molecule has 5 heteroatoms. The van der Waals surface area contributed by atoms with E-state index in [1.165, 1.54) is 17.8 Å². The van der Waals surface area contributed by atoms with Gasteiger partial charge in [-0.3, -0.25) is 9.69 Å². The summed E-state index contributed by atoms with van der Waals surface area (Å²) in [6, 6.07) is 25.2. The van der Waals surface area contributed by atoms with Gasteiger partial charge in [-0.15, -0.1) is 0 Å². The maximum atomic E-state index is 13.3. The van der Waals surface area contributed by atoms with Crippen LogP contribution in [-0.4, -0.2) is 50.2 Å². The third-order valence-electron chi connectivity index (χ3n) is 7.21. The molecule has 1 saturated heterocycles. The number of rotatable bonds is 10. The molecule has 1 aliphatic heterocycles. The largest absolute Gasteiger partial charge is 0.465 e. The van der Waals surface area contributed by atoms with Crippen molar-refractivity contribution in [1.82, 2.24) is 4.90 Å². The Morgan fingerprint density at radius 3 is 2.33 bits per heavy atom. The van der Waals surface area contributed by atoms with Crippen LogP contribution in [0.3, 0.4) is 0 Å². The molecule has 4 nitrogen and oxygen atoms in total. The van der Waals surface area contributed by atoms with Gasteiger partial charge in [-0.1, -0.05) is 61.5 Å². The van der Waals surface area contributed by atoms with Crippen molar-refractivity contribution in [1.29, 1.82) is 0 Å². The fourth-order valence-corrected chi connectivity index (χ4v) is 4.93. The number of carbonyl (C=O) groups is 1. The third-order valence-corrected chi connectivity index (χ3v) is 7.21. The first-order chi connectivity index (χ1) is 17.5. The van der Waals surface area contributed by atoms with E-state index in [9.17, 15) is 9.18 Å². The van der Waals surface area contributed by atoms with Crippen molar-refractivity contribution in [3.63, 3.8) is 0 Å². The molecule has 1 heterocycles. The summed E-state index contributed by atoms with van der Waals surface area (Å²) in [5.74, 6) is -0.339. The molecule has 3 aromatic carbocycles. The number of piperazine rings is 1. The van der Waals surface area contributed by atoms with Crippen molar-refractivity contribution in [3.8, 4) is 11.1 Å². The second kappa shape index (κ2) is 12.2. The second-order valence-corrected chi connectivity index (χ2v) is 9.82. The lowest BCUT2D eigenvalue weighted by molar-refractivity contribution is -0.150. The molecule has 1 unspecified atom stereocenters. The van der Waals surface area contributed by atoms with Crippen molar-refractivity contribution in [3.05, 3.63) is 90.2 Å². The first kappa shape index (κ1) is 25.9. The number of ether oxygens (including phenoxy) is 1. The monoisotopic (exact) mass is 488 g/mol. The molecule has 0 bridgehead atoms. The number of nitrogens with zero attached hydrogens (tertiary/aromatic N) is 2. The normalized spacial score (nSPS) is 15.9. The zero-order chi connectivity index (χ0) is 25.4. The van der Waals surface area contributed by atoms with Crippen LogP contribution in [-0.2, 0) is 14.9 Å². The van der Waals surface area contributed by atoms with Crippen LogP contribution < -0.4 is 4.90 Å². The number of halogens is 1. The lowest BCUT2D eigenvalue weighted by atomic mass is 9.78. The molecule has 1 fully saturated rings. The molecule has 0 saturated carbocycles. The molecule has 0 aliphatic carbocycles. The van der Waals surface area contributed by atoms with Crippen molar-refractivity contribution >= 4 is 11.7 Å². The summed E-state index contributed by atoms with van der Waals surface area (Å²) >= 11 is 0. The Kier molecular flexibility index (Phi) is 8.76. The Hall–Kier alpha value is -3.18. The van der Waals surface area contributed by atoms with E-state index in [2.05, 4.69) is 34.1 Å². The Labute approximate surface area is 214 Å². The lowest BCUT2D eigenvalue weighted by Crippen LogP contribution is -2.47. The zero-order valence-electron chi connectivity index (χ0n) is 21.5. The van der Waals surface area contributed by atoms with Crippen molar-refractivity contribution in [2.75, 3.05) is 44.2 Å². The van der Waals surface area contributed by atoms with Gasteiger partial charge in [0.2, 0.25) is 0 Å². The number of hydrogen-bond donors (Lipinski definition) is 0. The summed E-state index contributed by atoms with van der Waals surface area (Å²) in [5, 5.41) is 0. The summed E-state index contributed by atoms with van der Waals surface area (Å²) in [6.07, 6.45) is 2.53. The summed E-state index contributed by atoms with van der Waals surface area (Å²) in [5.41, 5.74) is 3.73. The molecule has 0 spiro atoms. The standard InChI is InChI=1S/C31H37FN2O2/c1-3-23-36-30(35)31(2,27-10-5-4-6-11-27)17-8-18-33-19-21-34(22-20-33)29-12-7-9-26(24-29)25-13-15-28(32)16-14-25/h4-7,9-16,24H,3,8,17-23H2,1-2H3. The SMILES string of the molecule is CCCOC(=O)C(C)(CCCN1CCN(c2cccc(-c3ccc(F)cc3)c2)CC1)c1ccccc1. The van der Waals surface area contributed by atoms with Gasteiger partial charge in [0.1, 0.15) is 5.82 Å². The Morgan fingerprint density at radius 1 is 0.917 bits per heavy atom. The van der Waals surface area contributed by atoms with E-state index < -0.39 is 5.41 Å². The van der Waals surface area contributed by atoms with Gasteiger partial charge in [0.15, 0.2) is 0 Å². The number of carbonyl (C=O) groups excluding carboxylic acids is 1. The van der Waals surface area contributed by atoms with E-state index >= 15 is 0 Å². The van der Waals surface area contributed by atoms with Gasteiger partial charge in [0, 0.05) is 31.9 Å². The average molecular weight is 489 g/mol. The van der Waals surface area contributed by atoms with E-state index in [4.69, 9.17) is 4.74 Å². The Morgan fingerprint density at radius 2 is 1.64 bits per heavy atom. The summed E-state index contributed by atoms with van der Waals surface area (Å²) in [7, 11) is 0. The van der Waals surface area contributed by atoms with Gasteiger partial charge in [-0.25, -0.2) is 4.39 Å². The molecule has 0 amide bonds. The zero-order valence-corrected chi connectivity index (χ0v) is 21.5. The topological polar surface area (TPSA) is 32.8 Å². The summed E-state index contributed by atoms with van der Waals surface area (Å²) < 4.78 is 18.9. The quantitative estimate of drug-likeness (QED) is 0.313. The van der Waals surface area contributed by atoms with Crippen LogP contribution in [0.1, 0.15) is 38.7 Å². The maximum Gasteiger partial charge on any atom is 0.316 e. The number of hydrogen-bond acceptors (Lipinski definition) is 4. The molecule has 3 aromatic rings. The number of esters is 1. The third kappa shape index (κ3) is 6.33. The molecule has 1 atom stereocenters. The van der Waals surface area contributed by atoms with E-state index in [0.29, 0.717) is 6.61 Å². The van der Waals surface area contributed by atoms with Gasteiger partial charge in [-0.05, 0) is 73.7 Å². The van der Waals surface area contributed by atoms with E-state index in [1.807, 2.05) is 56.3 Å². The summed E-state index contributed by atoms with van der Waals surface area (Å²) in [6.45, 7) is 9.37. The average Bonchev–Trinajstić information content (AvgIpc) is 2.93. The van der Waals surface area contributed by atoms with Crippen LogP contribution in [0.5, 0.6) is 0 Å². The van der Waals surface area contributed by atoms with E-state index in [0.717, 1.165) is 68.7 Å². The van der Waals surface area contributed by atoms with Gasteiger partial charge in [-0.2, -0.15) is 0 Å². The molecule has 0 radical (unpaired) electrons. The highest BCUT2D eigenvalue weighted by Crippen LogP contribution is 2.31. The molecular formula is C31H37FN2O2. The molecule has 190 valence electrons. The lowest BCUT2D eigenvalue weighted by Gasteiger charge is -2.37. The van der Waals surface area contributed by atoms with Crippen LogP contribution in [0.15, 0.2) is 78.9 Å². The first-order valence-corrected chi connectivity index (χ1v) is 13.1. The molecule has 36 heavy (non-hydrogen) atoms. The number of anilines is 1. The maximum absolute atomic E-state index is 13.3. The van der Waals surface area contributed by atoms with Crippen molar-refractivity contribution in [2.24, 2.45) is 0 Å². The van der Waals surface area contributed by atoms with Crippen LogP contribution in [0, 0.1) is 5.82 Å². The minimum atomic E-state index is -0.626. The highest BCUT2D eigenvalue weighted by Gasteiger charge is 2.36. The number of benzene rings is 3. The van der Waals surface area contributed by atoms with Crippen molar-refractivity contribution < 1.29 is 13.9 Å².